The van der Waals surface area contributed by atoms with Gasteiger partial charge >= 0.3 is 0 Å². The largest absolute Gasteiger partial charge is 0.368 e. The summed E-state index contributed by atoms with van der Waals surface area (Å²) >= 11 is 3.50. The average molecular weight is 397 g/mol. The fraction of sp³-hybridized carbons (Fsp3) is 0.167. The number of nitrogens with one attached hydrogen (secondary N) is 3. The number of nitrogens with zero attached hydrogens (tertiary/aromatic N) is 3. The van der Waals surface area contributed by atoms with E-state index in [4.69, 9.17) is 0 Å². The second kappa shape index (κ2) is 6.68. The van der Waals surface area contributed by atoms with Gasteiger partial charge in [0.15, 0.2) is 0 Å². The first-order chi connectivity index (χ1) is 12.2. The highest BCUT2D eigenvalue weighted by Crippen LogP contribution is 2.30. The third kappa shape index (κ3) is 3.28. The molecule has 0 radical (unpaired) electrons. The molecule has 0 aliphatic carbocycles. The predicted molar refractivity (Wildman–Crippen MR) is 105 cm³/mol. The maximum atomic E-state index is 4.41. The van der Waals surface area contributed by atoms with Gasteiger partial charge in [-0.1, -0.05) is 28.1 Å². The van der Waals surface area contributed by atoms with Crippen LogP contribution in [0.4, 0.5) is 11.6 Å². The van der Waals surface area contributed by atoms with Gasteiger partial charge in [-0.25, -0.2) is 15.0 Å². The zero-order valence-electron chi connectivity index (χ0n) is 13.7. The van der Waals surface area contributed by atoms with E-state index < -0.39 is 0 Å². The first-order valence-electron chi connectivity index (χ1n) is 8.03. The summed E-state index contributed by atoms with van der Waals surface area (Å²) in [6, 6.07) is 10.2. The number of halogens is 1. The van der Waals surface area contributed by atoms with Crippen LogP contribution >= 0.6 is 15.9 Å². The van der Waals surface area contributed by atoms with Gasteiger partial charge in [-0.15, -0.1) is 0 Å². The molecule has 3 N–H and O–H groups in total. The van der Waals surface area contributed by atoms with E-state index in [1.807, 2.05) is 37.4 Å². The molecule has 0 saturated heterocycles. The van der Waals surface area contributed by atoms with Crippen LogP contribution in [0.1, 0.15) is 5.56 Å². The third-order valence-corrected chi connectivity index (χ3v) is 4.48. The van der Waals surface area contributed by atoms with Crippen LogP contribution in [0.15, 0.2) is 47.3 Å². The molecule has 0 spiro atoms. The van der Waals surface area contributed by atoms with E-state index in [-0.39, 0.29) is 0 Å². The van der Waals surface area contributed by atoms with Crippen LogP contribution in [0.2, 0.25) is 0 Å². The minimum absolute atomic E-state index is 0.727. The monoisotopic (exact) mass is 396 g/mol. The van der Waals surface area contributed by atoms with Crippen molar-refractivity contribution in [3.63, 3.8) is 0 Å². The van der Waals surface area contributed by atoms with Gasteiger partial charge in [0.1, 0.15) is 23.6 Å². The third-order valence-electron chi connectivity index (χ3n) is 3.99. The lowest BCUT2D eigenvalue weighted by Gasteiger charge is -2.08. The van der Waals surface area contributed by atoms with Crippen molar-refractivity contribution in [3.05, 3.63) is 52.9 Å². The van der Waals surface area contributed by atoms with Crippen molar-refractivity contribution in [1.82, 2.24) is 19.9 Å². The fourth-order valence-corrected chi connectivity index (χ4v) is 3.14. The number of rotatable bonds is 5. The molecule has 0 aliphatic heterocycles. The van der Waals surface area contributed by atoms with Gasteiger partial charge in [0.2, 0.25) is 0 Å². The second-order valence-corrected chi connectivity index (χ2v) is 6.75. The Morgan fingerprint density at radius 3 is 2.76 bits per heavy atom. The summed E-state index contributed by atoms with van der Waals surface area (Å²) in [6.45, 7) is 3.50. The number of anilines is 2. The molecule has 0 aliphatic rings. The molecular weight excluding hydrogens is 380 g/mol. The van der Waals surface area contributed by atoms with Gasteiger partial charge in [0.25, 0.3) is 0 Å². The number of benzene rings is 1. The molecule has 0 amide bonds. The normalized spacial score (nSPS) is 11.1. The maximum absolute atomic E-state index is 4.41. The van der Waals surface area contributed by atoms with Gasteiger partial charge < -0.3 is 15.6 Å². The lowest BCUT2D eigenvalue weighted by Crippen LogP contribution is -2.15. The first-order valence-corrected chi connectivity index (χ1v) is 8.82. The zero-order valence-corrected chi connectivity index (χ0v) is 15.3. The Balaban J connectivity index is 1.51. The Hall–Kier alpha value is -2.67. The minimum Gasteiger partial charge on any atom is -0.368 e. The van der Waals surface area contributed by atoms with Gasteiger partial charge in [-0.2, -0.15) is 0 Å². The van der Waals surface area contributed by atoms with E-state index in [0.29, 0.717) is 0 Å². The van der Waals surface area contributed by atoms with Crippen molar-refractivity contribution in [1.29, 1.82) is 0 Å². The molecule has 3 heterocycles. The van der Waals surface area contributed by atoms with Crippen LogP contribution < -0.4 is 10.6 Å². The van der Waals surface area contributed by atoms with Crippen LogP contribution in [0.5, 0.6) is 0 Å². The topological polar surface area (TPSA) is 78.5 Å². The highest BCUT2D eigenvalue weighted by Gasteiger charge is 2.11. The fourth-order valence-electron chi connectivity index (χ4n) is 2.78. The average Bonchev–Trinajstić information content (AvgIpc) is 2.98. The van der Waals surface area contributed by atoms with Gasteiger partial charge in [-0.05, 0) is 30.7 Å². The predicted octanol–water partition coefficient (Wildman–Crippen LogP) is 4.10. The Kier molecular flexibility index (Phi) is 4.23. The molecule has 7 heteroatoms. The van der Waals surface area contributed by atoms with Crippen LogP contribution in [-0.4, -0.2) is 33.0 Å². The SMILES string of the molecule is Cc1ccc(NCCNc2ncnc3[nH]c4cc(Br)ccc4c23)nc1. The highest BCUT2D eigenvalue weighted by atomic mass is 79.9. The smallest absolute Gasteiger partial charge is 0.143 e. The van der Waals surface area contributed by atoms with Crippen molar-refractivity contribution < 1.29 is 0 Å². The van der Waals surface area contributed by atoms with Crippen LogP contribution in [0, 0.1) is 6.92 Å². The Morgan fingerprint density at radius 1 is 1.04 bits per heavy atom. The maximum Gasteiger partial charge on any atom is 0.143 e. The van der Waals surface area contributed by atoms with Crippen molar-refractivity contribution in [2.24, 2.45) is 0 Å². The number of aromatic nitrogens is 4. The summed E-state index contributed by atoms with van der Waals surface area (Å²) < 4.78 is 1.03. The Morgan fingerprint density at radius 2 is 1.92 bits per heavy atom. The van der Waals surface area contributed by atoms with Crippen molar-refractivity contribution >= 4 is 49.5 Å². The summed E-state index contributed by atoms with van der Waals surface area (Å²) in [5.41, 5.74) is 3.02. The molecule has 0 bridgehead atoms. The molecule has 25 heavy (non-hydrogen) atoms. The van der Waals surface area contributed by atoms with Crippen LogP contribution in [-0.2, 0) is 0 Å². The molecule has 1 aromatic carbocycles. The summed E-state index contributed by atoms with van der Waals surface area (Å²) in [6.07, 6.45) is 3.43. The summed E-state index contributed by atoms with van der Waals surface area (Å²) in [5.74, 6) is 1.70. The van der Waals surface area contributed by atoms with E-state index in [1.54, 1.807) is 6.33 Å². The lowest BCUT2D eigenvalue weighted by molar-refractivity contribution is 1.04. The number of pyridine rings is 1. The molecule has 126 valence electrons. The number of hydrogen-bond acceptors (Lipinski definition) is 5. The molecule has 4 rings (SSSR count). The molecule has 0 atom stereocenters. The van der Waals surface area contributed by atoms with E-state index in [0.717, 1.165) is 56.7 Å². The second-order valence-electron chi connectivity index (χ2n) is 5.84. The van der Waals surface area contributed by atoms with E-state index in [9.17, 15) is 0 Å². The van der Waals surface area contributed by atoms with E-state index in [2.05, 4.69) is 52.6 Å². The van der Waals surface area contributed by atoms with Crippen molar-refractivity contribution in [2.75, 3.05) is 23.7 Å². The van der Waals surface area contributed by atoms with Crippen molar-refractivity contribution in [3.8, 4) is 0 Å². The molecular formula is C18H17BrN6. The Labute approximate surface area is 153 Å². The number of fused-ring (bicyclic) bond motifs is 3. The number of aryl methyl sites for hydroxylation is 1. The summed E-state index contributed by atoms with van der Waals surface area (Å²) in [5, 5.41) is 8.81. The first kappa shape index (κ1) is 15.8. The lowest BCUT2D eigenvalue weighted by atomic mass is 10.2. The van der Waals surface area contributed by atoms with Crippen LogP contribution in [0.25, 0.3) is 21.9 Å². The van der Waals surface area contributed by atoms with Gasteiger partial charge in [0, 0.05) is 34.7 Å². The summed E-state index contributed by atoms with van der Waals surface area (Å²) in [4.78, 5) is 16.4. The van der Waals surface area contributed by atoms with Crippen LogP contribution in [0.3, 0.4) is 0 Å². The highest BCUT2D eigenvalue weighted by molar-refractivity contribution is 9.10. The molecule has 4 aromatic rings. The molecule has 6 nitrogen and oxygen atoms in total. The van der Waals surface area contributed by atoms with Crippen molar-refractivity contribution in [2.45, 2.75) is 6.92 Å². The number of aromatic amines is 1. The zero-order chi connectivity index (χ0) is 17.2. The number of H-pyrrole nitrogens is 1. The number of hydrogen-bond donors (Lipinski definition) is 3. The Bertz CT molecular complexity index is 1030. The quantitative estimate of drug-likeness (QED) is 0.442. The van der Waals surface area contributed by atoms with Gasteiger partial charge in [-0.3, -0.25) is 0 Å². The molecule has 3 aromatic heterocycles. The van der Waals surface area contributed by atoms with E-state index >= 15 is 0 Å². The summed E-state index contributed by atoms with van der Waals surface area (Å²) in [7, 11) is 0. The standard InChI is InChI=1S/C18H17BrN6/c1-11-2-5-15(22-9-11)20-6-7-21-17-16-13-4-3-12(19)8-14(13)25-18(16)24-10-23-17/h2-5,8-10H,6-7H2,1H3,(H,20,22)(H2,21,23,24,25). The molecule has 0 unspecified atom stereocenters. The molecule has 0 fully saturated rings. The van der Waals surface area contributed by atoms with Gasteiger partial charge in [0.05, 0.1) is 5.39 Å². The molecule has 0 saturated carbocycles. The van der Waals surface area contributed by atoms with E-state index in [1.165, 1.54) is 0 Å². The minimum atomic E-state index is 0.727.